The van der Waals surface area contributed by atoms with E-state index in [9.17, 15) is 8.42 Å². The lowest BCUT2D eigenvalue weighted by Crippen LogP contribution is -2.41. The molecule has 2 rings (SSSR count). The van der Waals surface area contributed by atoms with Gasteiger partial charge in [0.2, 0.25) is 10.0 Å². The quantitative estimate of drug-likeness (QED) is 0.780. The van der Waals surface area contributed by atoms with Gasteiger partial charge in [-0.3, -0.25) is 0 Å². The fourth-order valence-electron chi connectivity index (χ4n) is 2.55. The predicted molar refractivity (Wildman–Crippen MR) is 69.4 cm³/mol. The van der Waals surface area contributed by atoms with E-state index < -0.39 is 10.0 Å². The van der Waals surface area contributed by atoms with Crippen molar-refractivity contribution < 1.29 is 8.42 Å². The second kappa shape index (κ2) is 5.67. The molecule has 0 spiro atoms. The van der Waals surface area contributed by atoms with Gasteiger partial charge in [-0.25, -0.2) is 8.42 Å². The smallest absolute Gasteiger partial charge is 0.214 e. The van der Waals surface area contributed by atoms with E-state index in [1.807, 2.05) is 11.2 Å². The van der Waals surface area contributed by atoms with Crippen LogP contribution in [-0.4, -0.2) is 44.2 Å². The molecule has 0 aromatic heterocycles. The van der Waals surface area contributed by atoms with Crippen molar-refractivity contribution >= 4 is 10.0 Å². The summed E-state index contributed by atoms with van der Waals surface area (Å²) in [7, 11) is -3.00. The molecular formula is C12H24N2O2S. The molecule has 0 aromatic rings. The maximum Gasteiger partial charge on any atom is 0.214 e. The van der Waals surface area contributed by atoms with Gasteiger partial charge in [0.1, 0.15) is 0 Å². The van der Waals surface area contributed by atoms with Gasteiger partial charge in [0.15, 0.2) is 0 Å². The molecule has 0 unspecified atom stereocenters. The molecule has 0 bridgehead atoms. The van der Waals surface area contributed by atoms with E-state index >= 15 is 0 Å². The Morgan fingerprint density at radius 3 is 2.35 bits per heavy atom. The Bertz CT molecular complexity index is 332. The zero-order valence-corrected chi connectivity index (χ0v) is 11.5. The molecule has 1 aliphatic carbocycles. The van der Waals surface area contributed by atoms with Crippen LogP contribution in [0.25, 0.3) is 0 Å². The van der Waals surface area contributed by atoms with Gasteiger partial charge < -0.3 is 5.32 Å². The van der Waals surface area contributed by atoms with Crippen molar-refractivity contribution in [2.24, 2.45) is 5.92 Å². The topological polar surface area (TPSA) is 49.4 Å². The summed E-state index contributed by atoms with van der Waals surface area (Å²) in [5.41, 5.74) is 0. The first kappa shape index (κ1) is 13.3. The van der Waals surface area contributed by atoms with E-state index in [1.165, 1.54) is 0 Å². The molecule has 0 radical (unpaired) electrons. The van der Waals surface area contributed by atoms with E-state index in [1.54, 1.807) is 0 Å². The molecule has 1 saturated carbocycles. The Morgan fingerprint density at radius 2 is 1.82 bits per heavy atom. The Hall–Kier alpha value is -0.130. The maximum absolute atomic E-state index is 12.2. The lowest BCUT2D eigenvalue weighted by molar-refractivity contribution is 0.283. The number of hydrogen-bond donors (Lipinski definition) is 1. The molecule has 17 heavy (non-hydrogen) atoms. The van der Waals surface area contributed by atoms with Crippen molar-refractivity contribution in [3.05, 3.63) is 0 Å². The molecule has 5 heteroatoms. The SMILES string of the molecule is CCCS(=O)(=O)N(CC1CCNCC1)C1CC1. The lowest BCUT2D eigenvalue weighted by Gasteiger charge is -2.29. The highest BCUT2D eigenvalue weighted by molar-refractivity contribution is 7.89. The molecule has 2 aliphatic rings. The van der Waals surface area contributed by atoms with E-state index in [4.69, 9.17) is 0 Å². The first-order chi connectivity index (χ1) is 8.13. The fraction of sp³-hybridized carbons (Fsp3) is 1.00. The van der Waals surface area contributed by atoms with Crippen LogP contribution >= 0.6 is 0 Å². The average Bonchev–Trinajstić information content (AvgIpc) is 3.11. The molecule has 0 amide bonds. The first-order valence-electron chi connectivity index (χ1n) is 6.83. The highest BCUT2D eigenvalue weighted by atomic mass is 32.2. The number of sulfonamides is 1. The van der Waals surface area contributed by atoms with Gasteiger partial charge in [-0.2, -0.15) is 4.31 Å². The third-order valence-corrected chi connectivity index (χ3v) is 5.76. The van der Waals surface area contributed by atoms with Crippen LogP contribution in [0, 0.1) is 5.92 Å². The zero-order valence-electron chi connectivity index (χ0n) is 10.7. The molecule has 2 fully saturated rings. The fourth-order valence-corrected chi connectivity index (χ4v) is 4.40. The van der Waals surface area contributed by atoms with Crippen LogP contribution in [0.3, 0.4) is 0 Å². The van der Waals surface area contributed by atoms with E-state index in [-0.39, 0.29) is 0 Å². The summed E-state index contributed by atoms with van der Waals surface area (Å²) >= 11 is 0. The maximum atomic E-state index is 12.2. The van der Waals surface area contributed by atoms with Crippen LogP contribution in [0.2, 0.25) is 0 Å². The second-order valence-corrected chi connectivity index (χ2v) is 7.35. The van der Waals surface area contributed by atoms with Crippen LogP contribution in [-0.2, 0) is 10.0 Å². The van der Waals surface area contributed by atoms with Crippen molar-refractivity contribution in [2.75, 3.05) is 25.4 Å². The molecule has 1 saturated heterocycles. The van der Waals surface area contributed by atoms with Gasteiger partial charge in [0.25, 0.3) is 0 Å². The van der Waals surface area contributed by atoms with Gasteiger partial charge in [0, 0.05) is 12.6 Å². The summed E-state index contributed by atoms with van der Waals surface area (Å²) in [5.74, 6) is 0.873. The predicted octanol–water partition coefficient (Wildman–Crippen LogP) is 1.19. The molecule has 1 aliphatic heterocycles. The molecule has 1 N–H and O–H groups in total. The lowest BCUT2D eigenvalue weighted by atomic mass is 9.98. The number of nitrogens with one attached hydrogen (secondary N) is 1. The van der Waals surface area contributed by atoms with Gasteiger partial charge in [-0.05, 0) is 51.1 Å². The molecule has 0 aromatic carbocycles. The van der Waals surface area contributed by atoms with Gasteiger partial charge >= 0.3 is 0 Å². The molecular weight excluding hydrogens is 236 g/mol. The Labute approximate surface area is 105 Å². The number of piperidine rings is 1. The summed E-state index contributed by atoms with van der Waals surface area (Å²) in [5, 5.41) is 3.33. The summed E-state index contributed by atoms with van der Waals surface area (Å²) in [6.45, 7) is 4.77. The van der Waals surface area contributed by atoms with E-state index in [0.29, 0.717) is 17.7 Å². The van der Waals surface area contributed by atoms with Crippen molar-refractivity contribution in [3.63, 3.8) is 0 Å². The highest BCUT2D eigenvalue weighted by Gasteiger charge is 2.37. The molecule has 100 valence electrons. The van der Waals surface area contributed by atoms with Gasteiger partial charge in [-0.1, -0.05) is 6.92 Å². The zero-order chi connectivity index (χ0) is 12.3. The third-order valence-electron chi connectivity index (χ3n) is 3.67. The third kappa shape index (κ3) is 3.66. The van der Waals surface area contributed by atoms with E-state index in [0.717, 1.165) is 51.7 Å². The van der Waals surface area contributed by atoms with Gasteiger partial charge in [-0.15, -0.1) is 0 Å². The Balaban J connectivity index is 1.97. The van der Waals surface area contributed by atoms with Crippen LogP contribution < -0.4 is 5.32 Å². The average molecular weight is 260 g/mol. The van der Waals surface area contributed by atoms with Crippen molar-refractivity contribution in [1.82, 2.24) is 9.62 Å². The number of hydrogen-bond acceptors (Lipinski definition) is 3. The van der Waals surface area contributed by atoms with Crippen LogP contribution in [0.15, 0.2) is 0 Å². The second-order valence-electron chi connectivity index (χ2n) is 5.31. The minimum absolute atomic E-state index is 0.314. The van der Waals surface area contributed by atoms with Crippen LogP contribution in [0.1, 0.15) is 39.0 Å². The largest absolute Gasteiger partial charge is 0.317 e. The van der Waals surface area contributed by atoms with Crippen molar-refractivity contribution in [2.45, 2.75) is 45.1 Å². The molecule has 4 nitrogen and oxygen atoms in total. The van der Waals surface area contributed by atoms with Crippen LogP contribution in [0.4, 0.5) is 0 Å². The summed E-state index contributed by atoms with van der Waals surface area (Å²) in [4.78, 5) is 0. The van der Waals surface area contributed by atoms with Crippen molar-refractivity contribution in [3.8, 4) is 0 Å². The Kier molecular flexibility index (Phi) is 4.44. The van der Waals surface area contributed by atoms with Crippen LogP contribution in [0.5, 0.6) is 0 Å². The number of rotatable bonds is 6. The molecule has 0 atom stereocenters. The van der Waals surface area contributed by atoms with Gasteiger partial charge in [0.05, 0.1) is 5.75 Å². The monoisotopic (exact) mass is 260 g/mol. The minimum Gasteiger partial charge on any atom is -0.317 e. The minimum atomic E-state index is -3.00. The van der Waals surface area contributed by atoms with Crippen molar-refractivity contribution in [1.29, 1.82) is 0 Å². The Morgan fingerprint density at radius 1 is 1.18 bits per heavy atom. The standard InChI is InChI=1S/C12H24N2O2S/c1-2-9-17(15,16)14(12-3-4-12)10-11-5-7-13-8-6-11/h11-13H,2-10H2,1H3. The first-order valence-corrected chi connectivity index (χ1v) is 8.44. The summed E-state index contributed by atoms with van der Waals surface area (Å²) < 4.78 is 26.2. The summed E-state index contributed by atoms with van der Waals surface area (Å²) in [6, 6.07) is 0.321. The summed E-state index contributed by atoms with van der Waals surface area (Å²) in [6.07, 6.45) is 5.08. The normalized spacial score (nSPS) is 23.2. The van der Waals surface area contributed by atoms with E-state index in [2.05, 4.69) is 5.32 Å². The molecule has 1 heterocycles. The number of nitrogens with zero attached hydrogens (tertiary/aromatic N) is 1. The highest BCUT2D eigenvalue weighted by Crippen LogP contribution is 2.31.